The fraction of sp³-hybridized carbons (Fsp3) is 0.208. The summed E-state index contributed by atoms with van der Waals surface area (Å²) in [5.74, 6) is 0.461. The lowest BCUT2D eigenvalue weighted by atomic mass is 10.2. The number of sulfonamides is 1. The summed E-state index contributed by atoms with van der Waals surface area (Å²) in [7, 11) is -0.978. The molecule has 0 aromatic heterocycles. The van der Waals surface area contributed by atoms with Gasteiger partial charge in [-0.3, -0.25) is 4.79 Å². The summed E-state index contributed by atoms with van der Waals surface area (Å²) >= 11 is 0. The maximum absolute atomic E-state index is 13.3. The number of halogens is 1. The van der Waals surface area contributed by atoms with Gasteiger partial charge in [0.1, 0.15) is 18.2 Å². The molecule has 10 heteroatoms. The fourth-order valence-electron chi connectivity index (χ4n) is 3.05. The zero-order valence-electron chi connectivity index (χ0n) is 18.7. The Morgan fingerprint density at radius 3 is 2.44 bits per heavy atom. The molecule has 0 aliphatic rings. The van der Waals surface area contributed by atoms with Gasteiger partial charge in [0.2, 0.25) is 15.9 Å². The predicted molar refractivity (Wildman–Crippen MR) is 125 cm³/mol. The summed E-state index contributed by atoms with van der Waals surface area (Å²) in [6, 6.07) is 17.0. The van der Waals surface area contributed by atoms with Crippen molar-refractivity contribution in [2.24, 2.45) is 0 Å². The Morgan fingerprint density at radius 1 is 0.941 bits per heavy atom. The number of hydrogen-bond acceptors (Lipinski definition) is 6. The van der Waals surface area contributed by atoms with Crippen molar-refractivity contribution in [3.63, 3.8) is 0 Å². The van der Waals surface area contributed by atoms with E-state index in [1.165, 1.54) is 44.6 Å². The smallest absolute Gasteiger partial charge is 0.240 e. The molecule has 0 unspecified atom stereocenters. The van der Waals surface area contributed by atoms with Gasteiger partial charge >= 0.3 is 0 Å². The largest absolute Gasteiger partial charge is 0.493 e. The lowest BCUT2D eigenvalue weighted by molar-refractivity contribution is -0.116. The van der Waals surface area contributed by atoms with E-state index in [-0.39, 0.29) is 41.9 Å². The van der Waals surface area contributed by atoms with Crippen molar-refractivity contribution in [3.8, 4) is 17.2 Å². The average molecular weight is 489 g/mol. The van der Waals surface area contributed by atoms with Crippen LogP contribution in [0.15, 0.2) is 71.6 Å². The Bertz CT molecular complexity index is 1250. The molecule has 3 rings (SSSR count). The number of benzene rings is 3. The van der Waals surface area contributed by atoms with Crippen molar-refractivity contribution in [2.45, 2.75) is 17.9 Å². The molecule has 1 amide bonds. The maximum atomic E-state index is 13.3. The van der Waals surface area contributed by atoms with Gasteiger partial charge in [0.05, 0.1) is 19.1 Å². The first-order valence-corrected chi connectivity index (χ1v) is 11.8. The summed E-state index contributed by atoms with van der Waals surface area (Å²) < 4.78 is 56.6. The second kappa shape index (κ2) is 11.5. The third-order valence-corrected chi connectivity index (χ3v) is 6.18. The van der Waals surface area contributed by atoms with E-state index in [1.807, 2.05) is 0 Å². The van der Waals surface area contributed by atoms with Crippen molar-refractivity contribution in [2.75, 3.05) is 26.1 Å². The van der Waals surface area contributed by atoms with E-state index in [0.29, 0.717) is 22.7 Å². The zero-order valence-corrected chi connectivity index (χ0v) is 19.5. The van der Waals surface area contributed by atoms with E-state index in [1.54, 1.807) is 36.4 Å². The number of methoxy groups -OCH3 is 2. The van der Waals surface area contributed by atoms with Crippen LogP contribution in [-0.2, 0) is 21.4 Å². The first kappa shape index (κ1) is 25.0. The van der Waals surface area contributed by atoms with E-state index < -0.39 is 10.0 Å². The molecule has 3 aromatic carbocycles. The van der Waals surface area contributed by atoms with Crippen molar-refractivity contribution >= 4 is 21.6 Å². The predicted octanol–water partition coefficient (Wildman–Crippen LogP) is 3.73. The molecule has 8 nitrogen and oxygen atoms in total. The molecule has 0 spiro atoms. The number of anilines is 1. The van der Waals surface area contributed by atoms with Gasteiger partial charge in [0.15, 0.2) is 11.5 Å². The highest BCUT2D eigenvalue weighted by Gasteiger charge is 2.17. The Morgan fingerprint density at radius 2 is 1.71 bits per heavy atom. The number of hydrogen-bond donors (Lipinski definition) is 2. The van der Waals surface area contributed by atoms with Crippen LogP contribution in [0, 0.1) is 5.82 Å². The summed E-state index contributed by atoms with van der Waals surface area (Å²) in [5.41, 5.74) is 1.17. The van der Waals surface area contributed by atoms with E-state index in [2.05, 4.69) is 10.0 Å². The van der Waals surface area contributed by atoms with Gasteiger partial charge in [0.25, 0.3) is 0 Å². The molecule has 3 aromatic rings. The molecular weight excluding hydrogens is 463 g/mol. The number of ether oxygens (including phenoxy) is 3. The minimum absolute atomic E-state index is 0.00583. The summed E-state index contributed by atoms with van der Waals surface area (Å²) in [6.07, 6.45) is -0.0824. The highest BCUT2D eigenvalue weighted by atomic mass is 32.2. The van der Waals surface area contributed by atoms with E-state index in [0.717, 1.165) is 0 Å². The van der Waals surface area contributed by atoms with Crippen LogP contribution in [0.4, 0.5) is 10.1 Å². The van der Waals surface area contributed by atoms with E-state index >= 15 is 0 Å². The SMILES string of the molecule is COc1ccc(S(=O)(=O)NCCC(=O)Nc2cccc(OCc3cccc(F)c3)c2)cc1OC. The molecule has 34 heavy (non-hydrogen) atoms. The molecule has 0 aliphatic heterocycles. The third-order valence-electron chi connectivity index (χ3n) is 4.72. The normalized spacial score (nSPS) is 11.0. The van der Waals surface area contributed by atoms with Crippen molar-refractivity contribution < 1.29 is 31.8 Å². The second-order valence-corrected chi connectivity index (χ2v) is 8.93. The summed E-state index contributed by atoms with van der Waals surface area (Å²) in [5, 5.41) is 2.70. The summed E-state index contributed by atoms with van der Waals surface area (Å²) in [4.78, 5) is 12.3. The lowest BCUT2D eigenvalue weighted by Gasteiger charge is -2.11. The molecule has 0 atom stereocenters. The van der Waals surface area contributed by atoms with Gasteiger partial charge in [-0.2, -0.15) is 0 Å². The topological polar surface area (TPSA) is 103 Å². The minimum atomic E-state index is -3.84. The second-order valence-electron chi connectivity index (χ2n) is 7.16. The highest BCUT2D eigenvalue weighted by molar-refractivity contribution is 7.89. The molecular formula is C24H25FN2O6S. The van der Waals surface area contributed by atoms with Gasteiger partial charge in [-0.05, 0) is 42.0 Å². The first-order chi connectivity index (χ1) is 16.3. The van der Waals surface area contributed by atoms with Gasteiger partial charge in [0, 0.05) is 30.8 Å². The minimum Gasteiger partial charge on any atom is -0.493 e. The fourth-order valence-corrected chi connectivity index (χ4v) is 4.09. The molecule has 0 aliphatic carbocycles. The van der Waals surface area contributed by atoms with Crippen LogP contribution in [0.2, 0.25) is 0 Å². The highest BCUT2D eigenvalue weighted by Crippen LogP contribution is 2.29. The van der Waals surface area contributed by atoms with Crippen LogP contribution in [0.3, 0.4) is 0 Å². The first-order valence-electron chi connectivity index (χ1n) is 10.3. The number of carbonyl (C=O) groups excluding carboxylic acids is 1. The Hall–Kier alpha value is -3.63. The van der Waals surface area contributed by atoms with Crippen molar-refractivity contribution in [3.05, 3.63) is 78.1 Å². The Balaban J connectivity index is 1.51. The molecule has 180 valence electrons. The average Bonchev–Trinajstić information content (AvgIpc) is 2.82. The number of nitrogens with one attached hydrogen (secondary N) is 2. The number of rotatable bonds is 11. The number of carbonyl (C=O) groups is 1. The zero-order chi connectivity index (χ0) is 24.6. The summed E-state index contributed by atoms with van der Waals surface area (Å²) in [6.45, 7) is 0.0748. The van der Waals surface area contributed by atoms with Gasteiger partial charge in [-0.25, -0.2) is 17.5 Å². The van der Waals surface area contributed by atoms with Gasteiger partial charge in [-0.1, -0.05) is 18.2 Å². The van der Waals surface area contributed by atoms with Crippen molar-refractivity contribution in [1.29, 1.82) is 0 Å². The molecule has 0 saturated heterocycles. The molecule has 0 heterocycles. The van der Waals surface area contributed by atoms with Crippen molar-refractivity contribution in [1.82, 2.24) is 4.72 Å². The van der Waals surface area contributed by atoms with Gasteiger partial charge in [-0.15, -0.1) is 0 Å². The molecule has 0 radical (unpaired) electrons. The Kier molecular flexibility index (Phi) is 8.44. The molecule has 0 saturated carbocycles. The van der Waals surface area contributed by atoms with Gasteiger partial charge < -0.3 is 19.5 Å². The van der Waals surface area contributed by atoms with Crippen LogP contribution in [0.1, 0.15) is 12.0 Å². The standard InChI is InChI=1S/C24H25FN2O6S/c1-31-22-10-9-21(15-23(22)32-2)34(29,30)26-12-11-24(28)27-19-7-4-8-20(14-19)33-16-17-5-3-6-18(25)13-17/h3-10,13-15,26H,11-12,16H2,1-2H3,(H,27,28). The number of amides is 1. The van der Waals surface area contributed by atoms with Crippen LogP contribution in [-0.4, -0.2) is 35.1 Å². The van der Waals surface area contributed by atoms with Crippen LogP contribution >= 0.6 is 0 Å². The molecule has 2 N–H and O–H groups in total. The quantitative estimate of drug-likeness (QED) is 0.426. The Labute approximate surface area is 197 Å². The monoisotopic (exact) mass is 488 g/mol. The molecule has 0 bridgehead atoms. The van der Waals surface area contributed by atoms with E-state index in [9.17, 15) is 17.6 Å². The third kappa shape index (κ3) is 6.93. The van der Waals surface area contributed by atoms with E-state index in [4.69, 9.17) is 14.2 Å². The van der Waals surface area contributed by atoms with Crippen LogP contribution in [0.25, 0.3) is 0 Å². The maximum Gasteiger partial charge on any atom is 0.240 e. The molecule has 0 fully saturated rings. The van der Waals surface area contributed by atoms with Crippen LogP contribution < -0.4 is 24.2 Å². The lowest BCUT2D eigenvalue weighted by Crippen LogP contribution is -2.27. The van der Waals surface area contributed by atoms with Crippen LogP contribution in [0.5, 0.6) is 17.2 Å².